The highest BCUT2D eigenvalue weighted by Crippen LogP contribution is 2.32. The van der Waals surface area contributed by atoms with Gasteiger partial charge in [-0.3, -0.25) is 0 Å². The van der Waals surface area contributed by atoms with Crippen LogP contribution in [0, 0.1) is 6.42 Å². The predicted octanol–water partition coefficient (Wildman–Crippen LogP) is 7.80. The summed E-state index contributed by atoms with van der Waals surface area (Å²) in [5.74, 6) is 0.681. The Hall–Kier alpha value is -0.400. The van der Waals surface area contributed by atoms with Crippen LogP contribution in [0.25, 0.3) is 0 Å². The van der Waals surface area contributed by atoms with Crippen LogP contribution in [0.5, 0.6) is 0 Å². The van der Waals surface area contributed by atoms with E-state index in [0.29, 0.717) is 31.9 Å². The average molecular weight is 375 g/mol. The second kappa shape index (κ2) is 7.93. The minimum Gasteiger partial charge on any atom is -0.0827 e. The van der Waals surface area contributed by atoms with Crippen LogP contribution in [0.15, 0.2) is 36.4 Å². The van der Waals surface area contributed by atoms with Crippen molar-refractivity contribution in [3.05, 3.63) is 74.0 Å². The molecule has 0 amide bonds. The molecule has 2 aromatic rings. The Bertz CT molecular complexity index is 594. The van der Waals surface area contributed by atoms with Gasteiger partial charge in [-0.1, -0.05) is 72.4 Å². The molecule has 0 fully saturated rings. The van der Waals surface area contributed by atoms with Gasteiger partial charge in [-0.05, 0) is 60.1 Å². The second-order valence-electron chi connectivity index (χ2n) is 5.51. The Kier molecular flexibility index (Phi) is 6.46. The van der Waals surface area contributed by atoms with Gasteiger partial charge < -0.3 is 0 Å². The Morgan fingerprint density at radius 1 is 0.773 bits per heavy atom. The average Bonchev–Trinajstić information content (AvgIpc) is 2.50. The minimum absolute atomic E-state index is 0.306. The molecule has 0 heterocycles. The van der Waals surface area contributed by atoms with E-state index < -0.39 is 0 Å². The lowest BCUT2D eigenvalue weighted by molar-refractivity contribution is 0.691. The van der Waals surface area contributed by atoms with Crippen LogP contribution in [0.1, 0.15) is 43.2 Å². The van der Waals surface area contributed by atoms with Gasteiger partial charge in [0, 0.05) is 0 Å². The van der Waals surface area contributed by atoms with Gasteiger partial charge in [0.25, 0.3) is 0 Å². The largest absolute Gasteiger partial charge is 0.0827 e. The van der Waals surface area contributed by atoms with Crippen LogP contribution in [-0.4, -0.2) is 0 Å². The van der Waals surface area contributed by atoms with E-state index in [4.69, 9.17) is 46.4 Å². The first-order chi connectivity index (χ1) is 10.4. The quantitative estimate of drug-likeness (QED) is 0.500. The molecule has 2 unspecified atom stereocenters. The van der Waals surface area contributed by atoms with Gasteiger partial charge in [-0.15, -0.1) is 0 Å². The fraction of sp³-hybridized carbons (Fsp3) is 0.278. The Morgan fingerprint density at radius 2 is 1.27 bits per heavy atom. The molecule has 0 aliphatic heterocycles. The highest BCUT2D eigenvalue weighted by molar-refractivity contribution is 6.42. The van der Waals surface area contributed by atoms with E-state index in [1.165, 1.54) is 5.56 Å². The lowest BCUT2D eigenvalue weighted by Gasteiger charge is -2.17. The van der Waals surface area contributed by atoms with E-state index in [2.05, 4.69) is 20.3 Å². The maximum Gasteiger partial charge on any atom is 0.0595 e. The first-order valence-corrected chi connectivity index (χ1v) is 8.63. The van der Waals surface area contributed by atoms with Crippen LogP contribution in [-0.2, 0) is 0 Å². The zero-order valence-electron chi connectivity index (χ0n) is 12.4. The van der Waals surface area contributed by atoms with Crippen molar-refractivity contribution in [2.75, 3.05) is 0 Å². The van der Waals surface area contributed by atoms with Gasteiger partial charge in [0.15, 0.2) is 0 Å². The number of hydrogen-bond acceptors (Lipinski definition) is 0. The SMILES string of the molecule is CC([CH]CC(C)c1ccc(Cl)c(Cl)c1)c1ccc(Cl)c(Cl)c1. The van der Waals surface area contributed by atoms with Crippen LogP contribution < -0.4 is 0 Å². The molecule has 22 heavy (non-hydrogen) atoms. The van der Waals surface area contributed by atoms with Gasteiger partial charge in [0.05, 0.1) is 20.1 Å². The molecule has 0 spiro atoms. The van der Waals surface area contributed by atoms with E-state index >= 15 is 0 Å². The third-order valence-electron chi connectivity index (χ3n) is 3.83. The minimum atomic E-state index is 0.306. The fourth-order valence-corrected chi connectivity index (χ4v) is 2.91. The number of benzene rings is 2. The van der Waals surface area contributed by atoms with Gasteiger partial charge >= 0.3 is 0 Å². The maximum atomic E-state index is 6.08. The van der Waals surface area contributed by atoms with Crippen molar-refractivity contribution >= 4 is 46.4 Å². The van der Waals surface area contributed by atoms with E-state index in [1.807, 2.05) is 36.4 Å². The Labute approximate surface area is 152 Å². The molecule has 1 radical (unpaired) electrons. The zero-order chi connectivity index (χ0) is 16.3. The summed E-state index contributed by atoms with van der Waals surface area (Å²) < 4.78 is 0. The fourth-order valence-electron chi connectivity index (χ4n) is 2.29. The van der Waals surface area contributed by atoms with Gasteiger partial charge in [-0.2, -0.15) is 0 Å². The maximum absolute atomic E-state index is 6.08. The molecular weight excluding hydrogens is 358 g/mol. The summed E-state index contributed by atoms with van der Waals surface area (Å²) in [7, 11) is 0. The van der Waals surface area contributed by atoms with Crippen LogP contribution in [0.3, 0.4) is 0 Å². The van der Waals surface area contributed by atoms with Crippen LogP contribution >= 0.6 is 46.4 Å². The highest BCUT2D eigenvalue weighted by atomic mass is 35.5. The summed E-state index contributed by atoms with van der Waals surface area (Å²) in [6.07, 6.45) is 3.23. The molecule has 2 rings (SSSR count). The molecular formula is C18H17Cl4. The molecule has 0 aliphatic rings. The number of rotatable bonds is 5. The summed E-state index contributed by atoms with van der Waals surface area (Å²) in [5, 5.41) is 2.37. The summed E-state index contributed by atoms with van der Waals surface area (Å²) in [6, 6.07) is 11.6. The molecule has 0 N–H and O–H groups in total. The lowest BCUT2D eigenvalue weighted by atomic mass is 9.89. The van der Waals surface area contributed by atoms with Crippen molar-refractivity contribution in [3.8, 4) is 0 Å². The summed E-state index contributed by atoms with van der Waals surface area (Å²) in [4.78, 5) is 0. The lowest BCUT2D eigenvalue weighted by Crippen LogP contribution is -2.00. The normalized spacial score (nSPS) is 13.9. The van der Waals surface area contributed by atoms with E-state index in [1.54, 1.807) is 0 Å². The summed E-state index contributed by atoms with van der Waals surface area (Å²) >= 11 is 24.1. The van der Waals surface area contributed by atoms with E-state index in [9.17, 15) is 0 Å². The van der Waals surface area contributed by atoms with E-state index in [0.717, 1.165) is 12.0 Å². The molecule has 4 heteroatoms. The monoisotopic (exact) mass is 373 g/mol. The van der Waals surface area contributed by atoms with Gasteiger partial charge in [-0.25, -0.2) is 0 Å². The molecule has 0 bridgehead atoms. The number of hydrogen-bond donors (Lipinski definition) is 0. The molecule has 0 aromatic heterocycles. The van der Waals surface area contributed by atoms with Crippen molar-refractivity contribution < 1.29 is 0 Å². The molecule has 0 saturated heterocycles. The van der Waals surface area contributed by atoms with Crippen LogP contribution in [0.4, 0.5) is 0 Å². The second-order valence-corrected chi connectivity index (χ2v) is 7.14. The number of halogens is 4. The van der Waals surface area contributed by atoms with Crippen molar-refractivity contribution in [2.45, 2.75) is 32.1 Å². The third kappa shape index (κ3) is 4.55. The van der Waals surface area contributed by atoms with Crippen molar-refractivity contribution in [1.29, 1.82) is 0 Å². The molecule has 0 nitrogen and oxygen atoms in total. The van der Waals surface area contributed by atoms with E-state index in [-0.39, 0.29) is 0 Å². The zero-order valence-corrected chi connectivity index (χ0v) is 15.4. The van der Waals surface area contributed by atoms with Gasteiger partial charge in [0.1, 0.15) is 0 Å². The van der Waals surface area contributed by atoms with Crippen molar-refractivity contribution in [1.82, 2.24) is 0 Å². The predicted molar refractivity (Wildman–Crippen MR) is 98.7 cm³/mol. The van der Waals surface area contributed by atoms with Crippen LogP contribution in [0.2, 0.25) is 20.1 Å². The Morgan fingerprint density at radius 3 is 1.82 bits per heavy atom. The smallest absolute Gasteiger partial charge is 0.0595 e. The molecule has 0 aliphatic carbocycles. The topological polar surface area (TPSA) is 0 Å². The molecule has 2 aromatic carbocycles. The molecule has 2 atom stereocenters. The molecule has 0 saturated carbocycles. The molecule has 117 valence electrons. The van der Waals surface area contributed by atoms with Gasteiger partial charge in [0.2, 0.25) is 0 Å². The van der Waals surface area contributed by atoms with Crippen molar-refractivity contribution in [2.24, 2.45) is 0 Å². The summed E-state index contributed by atoms with van der Waals surface area (Å²) in [5.41, 5.74) is 2.35. The Balaban J connectivity index is 1.99. The summed E-state index contributed by atoms with van der Waals surface area (Å²) in [6.45, 7) is 4.33. The third-order valence-corrected chi connectivity index (χ3v) is 5.30. The standard InChI is InChI=1S/C18H17Cl4/c1-11(13-5-7-15(19)17(21)9-13)3-4-12(2)14-6-8-16(20)18(22)10-14/h3,5-12H,4H2,1-2H3. The van der Waals surface area contributed by atoms with Crippen molar-refractivity contribution in [3.63, 3.8) is 0 Å². The first-order valence-electron chi connectivity index (χ1n) is 7.11. The first kappa shape index (κ1) is 17.9. The highest BCUT2D eigenvalue weighted by Gasteiger charge is 2.13.